The molecule has 0 aromatic heterocycles. The molecule has 1 saturated heterocycles. The quantitative estimate of drug-likeness (QED) is 0.0470. The molecule has 4 aromatic rings. The Morgan fingerprint density at radius 3 is 1.15 bits per heavy atom. The number of aliphatic hydroxyl groups is 2. The zero-order valence-electron chi connectivity index (χ0n) is 46.5. The fraction of sp³-hybridized carbons (Fsp3) is 0.408. The number of nitrogens with two attached hydrogens (primary N) is 2. The van der Waals surface area contributed by atoms with Gasteiger partial charge in [0.05, 0.1) is 26.9 Å². The molecule has 13 N–H and O–H groups in total. The zero-order chi connectivity index (χ0) is 57.2. The molecule has 31 heteroatoms. The molecule has 4 atom stereocenters. The molecule has 80 heavy (non-hydrogen) atoms. The van der Waals surface area contributed by atoms with Crippen LogP contribution in [-0.2, 0) is 47.3 Å². The Balaban J connectivity index is -0.000000113. The van der Waals surface area contributed by atoms with Gasteiger partial charge in [-0.2, -0.15) is 54.0 Å². The van der Waals surface area contributed by atoms with Gasteiger partial charge < -0.3 is 83.0 Å². The van der Waals surface area contributed by atoms with Crippen molar-refractivity contribution in [1.82, 2.24) is 10.6 Å². The molecule has 4 aromatic carbocycles. The van der Waals surface area contributed by atoms with Crippen molar-refractivity contribution in [2.45, 2.75) is 89.8 Å². The summed E-state index contributed by atoms with van der Waals surface area (Å²) in [7, 11) is 10.9. The number of hydrogen-bond acceptors (Lipinski definition) is 19. The van der Waals surface area contributed by atoms with Crippen LogP contribution in [0.15, 0.2) is 97.1 Å². The Morgan fingerprint density at radius 2 is 0.887 bits per heavy atom. The molecule has 22 nitrogen and oxygen atoms in total. The summed E-state index contributed by atoms with van der Waals surface area (Å²) >= 11 is 0. The van der Waals surface area contributed by atoms with Gasteiger partial charge in [-0.3, -0.25) is 9.59 Å². The molecule has 0 bridgehead atoms. The van der Waals surface area contributed by atoms with E-state index in [1.165, 1.54) is 99.9 Å². The van der Waals surface area contributed by atoms with Gasteiger partial charge in [-0.25, -0.2) is 18.6 Å². The van der Waals surface area contributed by atoms with Crippen molar-refractivity contribution in [3.63, 3.8) is 0 Å². The largest absolute Gasteiger partial charge is 1.00 e. The fourth-order valence-corrected chi connectivity index (χ4v) is 5.16. The number of alkyl carbamates (subject to hydrolysis) is 2. The summed E-state index contributed by atoms with van der Waals surface area (Å²) in [6.07, 6.45) is 1.25. The van der Waals surface area contributed by atoms with Gasteiger partial charge in [-0.15, -0.1) is 0 Å². The van der Waals surface area contributed by atoms with Crippen molar-refractivity contribution in [3.8, 4) is 23.0 Å². The van der Waals surface area contributed by atoms with E-state index in [9.17, 15) is 39.3 Å². The van der Waals surface area contributed by atoms with E-state index in [2.05, 4.69) is 41.5 Å². The average molecular weight is 1280 g/mol. The van der Waals surface area contributed by atoms with Gasteiger partial charge in [0.15, 0.2) is 23.4 Å². The number of aliphatic hydroxyl groups excluding tert-OH is 2. The number of rotatable bonds is 10. The molecule has 0 unspecified atom stereocenters. The van der Waals surface area contributed by atoms with Crippen molar-refractivity contribution in [2.24, 2.45) is 11.5 Å². The van der Waals surface area contributed by atoms with Crippen LogP contribution in [0.25, 0.3) is 0 Å². The summed E-state index contributed by atoms with van der Waals surface area (Å²) in [5.41, 5.74) is 11.9. The van der Waals surface area contributed by atoms with Gasteiger partial charge in [0.25, 0.3) is 0 Å². The van der Waals surface area contributed by atoms with Crippen molar-refractivity contribution >= 4 is 132 Å². The van der Waals surface area contributed by atoms with Crippen LogP contribution in [0.3, 0.4) is 0 Å². The van der Waals surface area contributed by atoms with Crippen LogP contribution in [-0.4, -0.2) is 140 Å². The molecule has 454 valence electrons. The van der Waals surface area contributed by atoms with Gasteiger partial charge in [-0.05, 0) is 125 Å². The molecule has 0 spiro atoms. The topological polar surface area (TPSA) is 366 Å². The van der Waals surface area contributed by atoms with E-state index in [4.69, 9.17) is 50.3 Å². The van der Waals surface area contributed by atoms with E-state index in [0.717, 1.165) is 20.3 Å². The van der Waals surface area contributed by atoms with Crippen LogP contribution < -0.4 is 41.0 Å². The average Bonchev–Trinajstić information content (AvgIpc) is 3.94. The number of carboxylic acid groups (broad SMARTS) is 1. The van der Waals surface area contributed by atoms with Crippen molar-refractivity contribution in [1.29, 1.82) is 0 Å². The number of hydrogen-bond donors (Lipinski definition) is 11. The van der Waals surface area contributed by atoms with E-state index in [-0.39, 0.29) is 121 Å². The number of halogens is 2. The third-order valence-electron chi connectivity index (χ3n) is 8.55. The molecule has 1 aliphatic heterocycles. The Kier molecular flexibility index (Phi) is 58.7. The maximum Gasteiger partial charge on any atom is 1.00 e. The minimum atomic E-state index is -1.67. The van der Waals surface area contributed by atoms with Crippen molar-refractivity contribution in [2.75, 3.05) is 41.2 Å². The molecule has 1 fully saturated rings. The van der Waals surface area contributed by atoms with Gasteiger partial charge in [0.1, 0.15) is 46.3 Å². The third-order valence-corrected chi connectivity index (χ3v) is 8.55. The summed E-state index contributed by atoms with van der Waals surface area (Å²) in [4.78, 5) is 56.4. The number of carboxylic acids is 1. The first-order chi connectivity index (χ1) is 34.5. The maximum atomic E-state index is 11.7. The molecule has 2 amide bonds. The Labute approximate surface area is 531 Å². The van der Waals surface area contributed by atoms with Gasteiger partial charge in [-0.1, -0.05) is 48.5 Å². The summed E-state index contributed by atoms with van der Waals surface area (Å²) in [6.45, 7) is 12.2. The summed E-state index contributed by atoms with van der Waals surface area (Å²) in [5.74, 6) is -1.77. The first-order valence-electron chi connectivity index (χ1n) is 22.0. The number of methoxy groups -OCH3 is 2. The van der Waals surface area contributed by atoms with E-state index in [0.29, 0.717) is 22.3 Å². The first-order valence-corrected chi connectivity index (χ1v) is 24.8. The first kappa shape index (κ1) is 92.5. The molecule has 0 saturated carbocycles. The van der Waals surface area contributed by atoms with Gasteiger partial charge in [0, 0.05) is 41.7 Å². The number of carbonyl (C=O) groups excluding carboxylic acids is 4. The van der Waals surface area contributed by atoms with Crippen LogP contribution in [0.2, 0.25) is 0 Å². The molecular formula is C49H82AlCl2LiN4O18S5. The maximum absolute atomic E-state index is 11.7. The molecule has 1 heterocycles. The molecule has 1 aliphatic rings. The summed E-state index contributed by atoms with van der Waals surface area (Å²) in [5, 5.41) is 66.1. The van der Waals surface area contributed by atoms with Crippen molar-refractivity contribution in [3.05, 3.63) is 119 Å². The Morgan fingerprint density at radius 1 is 0.600 bits per heavy atom. The number of aromatic hydroxyl groups is 4. The standard InChI is InChI=1S/C14H19NO5.C13H19NO4.C9H11NO3.C8H9NO3.C4H8O.CH4O.Al.Cl2OS.Li.4H2S.4H/c1-14(2,3)20-13(18)15-11(12(17)19-4)9-5-7-10(16)8-6-9;1-13(2,3)18-12(17)14-11(8-15)9-4-6-10(16)7-5-9;1-13-9(12)8(10)6-2-4-7(11)5-3-6;9-7(8(11)12)5-1-3-6(10)4-2-5;1-2-4-5-3-1;1-2;;1-4(2)3;;;;;;;;;/h5-8,11,16H,1-4H3,(H,15,18);4-7,11,15-16H,8H2,1-3H3,(H,14,17);2-5,8,11H,10H2,1H3;1-4,7,10H,9H2,(H,11,12);1-4H2;2H,1H3;;;;4*1H2;;;;/q;;;;;;;;+1;;;;;;;;-1/t2*11-;8-;7-;;;;;;;;;;;;;/m0100............./s1. The number of aliphatic carboxylic acids is 1. The number of phenolic OH excluding ortho intramolecular Hbond substituents is 4. The monoisotopic (exact) mass is 1280 g/mol. The molecule has 0 aliphatic carbocycles. The normalized spacial score (nSPS) is 11.8. The SMILES string of the molecule is C1CCOC1.CC(C)(C)OC(=O)N[C@H](CO)c1ccc(O)cc1.CO.COC(=O)[C@@H](N)c1ccc(O)cc1.COC(=O)[C@@H](NC(=O)OC(C)(C)C)c1ccc(O)cc1.N[C@H](C(=O)O)c1ccc(O)cc1.O=S(Cl)Cl.S.S.S.S.[AlH3].[H-].[Li+]. The predicted molar refractivity (Wildman–Crippen MR) is 330 cm³/mol. The number of nitrogens with one attached hydrogen (secondary N) is 2. The van der Waals surface area contributed by atoms with Crippen molar-refractivity contribution < 1.29 is 108 Å². The zero-order valence-corrected chi connectivity index (χ0v) is 51.9. The second-order valence-electron chi connectivity index (χ2n) is 16.7. The third kappa shape index (κ3) is 45.7. The molecule has 0 radical (unpaired) electrons. The van der Waals surface area contributed by atoms with Crippen LogP contribution in [0, 0.1) is 0 Å². The van der Waals surface area contributed by atoms with Crippen LogP contribution in [0.5, 0.6) is 23.0 Å². The minimum absolute atomic E-state index is 0. The van der Waals surface area contributed by atoms with E-state index < -0.39 is 74.7 Å². The number of phenols is 4. The van der Waals surface area contributed by atoms with Gasteiger partial charge in [0.2, 0.25) is 9.23 Å². The van der Waals surface area contributed by atoms with Gasteiger partial charge >= 0.3 is 49.0 Å². The fourth-order valence-electron chi connectivity index (χ4n) is 5.16. The Bertz CT molecular complexity index is 2280. The summed E-state index contributed by atoms with van der Waals surface area (Å²) in [6, 6.07) is 20.6. The molecule has 5 rings (SSSR count). The van der Waals surface area contributed by atoms with Crippen LogP contribution >= 0.6 is 75.3 Å². The van der Waals surface area contributed by atoms with E-state index in [1.807, 2.05) is 0 Å². The van der Waals surface area contributed by atoms with Crippen LogP contribution in [0.1, 0.15) is 102 Å². The Hall–Kier alpha value is -3.91. The minimum Gasteiger partial charge on any atom is -1.00 e. The number of esters is 2. The number of carbonyl (C=O) groups is 5. The smallest absolute Gasteiger partial charge is 1.00 e. The van der Waals surface area contributed by atoms with E-state index >= 15 is 0 Å². The second kappa shape index (κ2) is 50.8. The second-order valence-corrected chi connectivity index (χ2v) is 19.2. The molecular weight excluding hydrogens is 1200 g/mol. The summed E-state index contributed by atoms with van der Waals surface area (Å²) < 4.78 is 33.4. The number of amides is 2. The van der Waals surface area contributed by atoms with E-state index in [1.54, 1.807) is 65.8 Å². The predicted octanol–water partition coefficient (Wildman–Crippen LogP) is 2.95. The van der Waals surface area contributed by atoms with Crippen LogP contribution in [0.4, 0.5) is 9.59 Å². The number of ether oxygens (including phenoxy) is 5. The number of benzene rings is 4.